The second-order valence-corrected chi connectivity index (χ2v) is 6.13. The summed E-state index contributed by atoms with van der Waals surface area (Å²) >= 11 is 2.80. The van der Waals surface area contributed by atoms with Crippen molar-refractivity contribution in [3.63, 3.8) is 0 Å². The number of rotatable bonds is 6. The number of ether oxygens (including phenoxy) is 1. The van der Waals surface area contributed by atoms with Gasteiger partial charge in [0.25, 0.3) is 0 Å². The topological polar surface area (TPSA) is 81.2 Å². The molecule has 2 aromatic rings. The van der Waals surface area contributed by atoms with Gasteiger partial charge < -0.3 is 10.1 Å². The average molecular weight is 325 g/mol. The van der Waals surface area contributed by atoms with E-state index >= 15 is 0 Å². The van der Waals surface area contributed by atoms with Crippen LogP contribution in [0.5, 0.6) is 0 Å². The second kappa shape index (κ2) is 7.28. The highest BCUT2D eigenvalue weighted by Gasteiger charge is 2.11. The van der Waals surface area contributed by atoms with Gasteiger partial charge in [-0.2, -0.15) is 0 Å². The van der Waals surface area contributed by atoms with E-state index in [1.54, 1.807) is 12.3 Å². The van der Waals surface area contributed by atoms with Crippen LogP contribution in [0, 0.1) is 6.92 Å². The van der Waals surface area contributed by atoms with Crippen molar-refractivity contribution in [3.8, 4) is 0 Å². The number of hydrogen-bond acceptors (Lipinski definition) is 7. The summed E-state index contributed by atoms with van der Waals surface area (Å²) < 4.78 is 4.85. The van der Waals surface area contributed by atoms with Gasteiger partial charge in [0.2, 0.25) is 5.91 Å². The Bertz CT molecular complexity index is 636. The first-order valence-corrected chi connectivity index (χ1v) is 8.13. The lowest BCUT2D eigenvalue weighted by molar-refractivity contribution is -0.142. The molecular formula is C13H15N3O3S2. The molecule has 112 valence electrons. The Morgan fingerprint density at radius 2 is 1.90 bits per heavy atom. The number of anilines is 1. The molecule has 0 saturated carbocycles. The van der Waals surface area contributed by atoms with Crippen LogP contribution in [0.4, 0.5) is 5.13 Å². The molecule has 0 spiro atoms. The van der Waals surface area contributed by atoms with E-state index in [0.29, 0.717) is 17.4 Å². The predicted octanol–water partition coefficient (Wildman–Crippen LogP) is 2.19. The number of nitrogens with one attached hydrogen (secondary N) is 1. The summed E-state index contributed by atoms with van der Waals surface area (Å²) in [4.78, 5) is 31.6. The number of thiazole rings is 2. The number of aryl methyl sites for hydroxylation is 1. The molecule has 6 nitrogen and oxygen atoms in total. The van der Waals surface area contributed by atoms with Crippen LogP contribution in [-0.2, 0) is 27.2 Å². The van der Waals surface area contributed by atoms with Crippen LogP contribution >= 0.6 is 22.7 Å². The van der Waals surface area contributed by atoms with Gasteiger partial charge in [0.05, 0.1) is 35.8 Å². The lowest BCUT2D eigenvalue weighted by Crippen LogP contribution is -2.14. The molecule has 0 aliphatic rings. The molecule has 0 aliphatic carbocycles. The van der Waals surface area contributed by atoms with Crippen LogP contribution in [-0.4, -0.2) is 28.5 Å². The molecule has 2 rings (SSSR count). The van der Waals surface area contributed by atoms with Crippen molar-refractivity contribution in [1.82, 2.24) is 9.97 Å². The maximum Gasteiger partial charge on any atom is 0.311 e. The standard InChI is InChI=1S/C13H15N3O3S2/c1-3-19-12(18)5-10-7-21-13(15-10)16-11(17)4-9-6-20-8(2)14-9/h6-7H,3-5H2,1-2H3,(H,15,16,17). The third-order valence-corrected chi connectivity index (χ3v) is 4.07. The molecule has 1 amide bonds. The minimum Gasteiger partial charge on any atom is -0.466 e. The molecule has 21 heavy (non-hydrogen) atoms. The quantitative estimate of drug-likeness (QED) is 0.823. The molecule has 0 radical (unpaired) electrons. The SMILES string of the molecule is CCOC(=O)Cc1csc(NC(=O)Cc2csc(C)n2)n1. The maximum absolute atomic E-state index is 11.9. The van der Waals surface area contributed by atoms with Crippen LogP contribution in [0.25, 0.3) is 0 Å². The Hall–Kier alpha value is -1.80. The van der Waals surface area contributed by atoms with Crippen LogP contribution in [0.1, 0.15) is 23.3 Å². The minimum atomic E-state index is -0.321. The van der Waals surface area contributed by atoms with Gasteiger partial charge in [-0.25, -0.2) is 9.97 Å². The van der Waals surface area contributed by atoms with Crippen LogP contribution < -0.4 is 5.32 Å². The van der Waals surface area contributed by atoms with Crippen molar-refractivity contribution in [2.45, 2.75) is 26.7 Å². The van der Waals surface area contributed by atoms with Crippen molar-refractivity contribution in [2.24, 2.45) is 0 Å². The number of carbonyl (C=O) groups excluding carboxylic acids is 2. The van der Waals surface area contributed by atoms with Crippen LogP contribution in [0.3, 0.4) is 0 Å². The third kappa shape index (κ3) is 4.91. The van der Waals surface area contributed by atoms with Gasteiger partial charge >= 0.3 is 5.97 Å². The van der Waals surface area contributed by atoms with Gasteiger partial charge in [-0.1, -0.05) is 0 Å². The number of nitrogens with zero attached hydrogens (tertiary/aromatic N) is 2. The van der Waals surface area contributed by atoms with E-state index in [2.05, 4.69) is 15.3 Å². The van der Waals surface area contributed by atoms with E-state index < -0.39 is 0 Å². The van der Waals surface area contributed by atoms with E-state index in [1.165, 1.54) is 22.7 Å². The summed E-state index contributed by atoms with van der Waals surface area (Å²) in [5.41, 5.74) is 1.34. The molecule has 1 N–H and O–H groups in total. The Balaban J connectivity index is 1.87. The Morgan fingerprint density at radius 1 is 1.19 bits per heavy atom. The Kier molecular flexibility index (Phi) is 5.40. The normalized spacial score (nSPS) is 10.4. The Morgan fingerprint density at radius 3 is 2.57 bits per heavy atom. The average Bonchev–Trinajstić information content (AvgIpc) is 2.99. The summed E-state index contributed by atoms with van der Waals surface area (Å²) in [6.45, 7) is 4.00. The molecule has 2 heterocycles. The van der Waals surface area contributed by atoms with Gasteiger partial charge in [-0.3, -0.25) is 9.59 Å². The van der Waals surface area contributed by atoms with Gasteiger partial charge in [0.15, 0.2) is 5.13 Å². The highest BCUT2D eigenvalue weighted by Crippen LogP contribution is 2.17. The lowest BCUT2D eigenvalue weighted by atomic mass is 10.3. The summed E-state index contributed by atoms with van der Waals surface area (Å²) in [6, 6.07) is 0. The Labute approximate surface area is 130 Å². The summed E-state index contributed by atoms with van der Waals surface area (Å²) in [5.74, 6) is -0.490. The minimum absolute atomic E-state index is 0.117. The highest BCUT2D eigenvalue weighted by molar-refractivity contribution is 7.14. The van der Waals surface area contributed by atoms with Gasteiger partial charge in [0, 0.05) is 10.8 Å². The zero-order chi connectivity index (χ0) is 15.2. The van der Waals surface area contributed by atoms with E-state index in [0.717, 1.165) is 10.7 Å². The second-order valence-electron chi connectivity index (χ2n) is 4.21. The van der Waals surface area contributed by atoms with Crippen molar-refractivity contribution < 1.29 is 14.3 Å². The molecule has 0 saturated heterocycles. The fraction of sp³-hybridized carbons (Fsp3) is 0.385. The first-order valence-electron chi connectivity index (χ1n) is 6.37. The lowest BCUT2D eigenvalue weighted by Gasteiger charge is -2.00. The number of hydrogen-bond donors (Lipinski definition) is 1. The van der Waals surface area contributed by atoms with E-state index in [4.69, 9.17) is 4.74 Å². The van der Waals surface area contributed by atoms with Gasteiger partial charge in [-0.05, 0) is 13.8 Å². The molecule has 0 bridgehead atoms. The van der Waals surface area contributed by atoms with E-state index in [1.807, 2.05) is 12.3 Å². The van der Waals surface area contributed by atoms with Crippen molar-refractivity contribution >= 4 is 39.7 Å². The highest BCUT2D eigenvalue weighted by atomic mass is 32.1. The molecule has 0 aliphatic heterocycles. The monoisotopic (exact) mass is 325 g/mol. The largest absolute Gasteiger partial charge is 0.466 e. The van der Waals surface area contributed by atoms with Gasteiger partial charge in [0.1, 0.15) is 0 Å². The molecule has 0 aromatic carbocycles. The molecule has 0 unspecified atom stereocenters. The van der Waals surface area contributed by atoms with Crippen molar-refractivity contribution in [1.29, 1.82) is 0 Å². The van der Waals surface area contributed by atoms with E-state index in [-0.39, 0.29) is 24.7 Å². The molecule has 2 aromatic heterocycles. The predicted molar refractivity (Wildman–Crippen MR) is 81.6 cm³/mol. The first kappa shape index (κ1) is 15.6. The van der Waals surface area contributed by atoms with Crippen LogP contribution in [0.2, 0.25) is 0 Å². The van der Waals surface area contributed by atoms with Crippen molar-refractivity contribution in [3.05, 3.63) is 27.2 Å². The summed E-state index contributed by atoms with van der Waals surface area (Å²) in [5, 5.41) is 7.72. The summed E-state index contributed by atoms with van der Waals surface area (Å²) in [6.07, 6.45) is 0.336. The number of amides is 1. The number of aromatic nitrogens is 2. The third-order valence-electron chi connectivity index (χ3n) is 2.44. The van der Waals surface area contributed by atoms with Crippen molar-refractivity contribution in [2.75, 3.05) is 11.9 Å². The zero-order valence-corrected chi connectivity index (χ0v) is 13.3. The fourth-order valence-corrected chi connectivity index (χ4v) is 2.96. The van der Waals surface area contributed by atoms with Crippen LogP contribution in [0.15, 0.2) is 10.8 Å². The van der Waals surface area contributed by atoms with E-state index in [9.17, 15) is 9.59 Å². The number of carbonyl (C=O) groups is 2. The maximum atomic E-state index is 11.9. The fourth-order valence-electron chi connectivity index (χ4n) is 1.62. The molecule has 0 atom stereocenters. The smallest absolute Gasteiger partial charge is 0.311 e. The van der Waals surface area contributed by atoms with Gasteiger partial charge in [-0.15, -0.1) is 22.7 Å². The molecular weight excluding hydrogens is 310 g/mol. The molecule has 0 fully saturated rings. The summed E-state index contributed by atoms with van der Waals surface area (Å²) in [7, 11) is 0. The molecule has 8 heteroatoms. The first-order chi connectivity index (χ1) is 10.1. The zero-order valence-electron chi connectivity index (χ0n) is 11.7. The number of esters is 1.